The first-order chi connectivity index (χ1) is 13.3. The summed E-state index contributed by atoms with van der Waals surface area (Å²) < 4.78 is 14.0. The Kier molecular flexibility index (Phi) is 6.40. The van der Waals surface area contributed by atoms with E-state index in [1.807, 2.05) is 13.8 Å². The van der Waals surface area contributed by atoms with Gasteiger partial charge in [0, 0.05) is 43.3 Å². The van der Waals surface area contributed by atoms with E-state index in [1.165, 1.54) is 6.07 Å². The number of carbonyl (C=O) groups is 2. The molecule has 0 unspecified atom stereocenters. The normalized spacial score (nSPS) is 23.8. The topological polar surface area (TPSA) is 60.9 Å². The molecule has 1 heterocycles. The van der Waals surface area contributed by atoms with Crippen LogP contribution in [0, 0.1) is 17.7 Å². The molecule has 7 heteroatoms. The third-order valence-electron chi connectivity index (χ3n) is 6.03. The van der Waals surface area contributed by atoms with Crippen LogP contribution in [0.3, 0.4) is 0 Å². The van der Waals surface area contributed by atoms with Gasteiger partial charge in [0.15, 0.2) is 0 Å². The summed E-state index contributed by atoms with van der Waals surface area (Å²) in [5.41, 5.74) is 2.66. The number of halogens is 2. The van der Waals surface area contributed by atoms with Gasteiger partial charge in [0.25, 0.3) is 0 Å². The van der Waals surface area contributed by atoms with Gasteiger partial charge in [-0.05, 0) is 38.8 Å². The predicted molar refractivity (Wildman–Crippen MR) is 105 cm³/mol. The van der Waals surface area contributed by atoms with Crippen LogP contribution in [0.2, 0.25) is 5.02 Å². The summed E-state index contributed by atoms with van der Waals surface area (Å²) in [6.45, 7) is 6.55. The maximum Gasteiger partial charge on any atom is 0.307 e. The average molecular weight is 409 g/mol. The number of carboxylic acids is 1. The molecule has 0 spiro atoms. The minimum atomic E-state index is -0.905. The summed E-state index contributed by atoms with van der Waals surface area (Å²) in [6, 6.07) is 4.65. The zero-order valence-corrected chi connectivity index (χ0v) is 17.0. The van der Waals surface area contributed by atoms with E-state index < -0.39 is 17.8 Å². The van der Waals surface area contributed by atoms with E-state index in [-0.39, 0.29) is 11.7 Å². The van der Waals surface area contributed by atoms with Crippen molar-refractivity contribution in [2.24, 2.45) is 11.8 Å². The third kappa shape index (κ3) is 4.39. The standard InChI is InChI=1S/C21H26ClFN2O3/c1-13-10-15(16(21(27)28)11-14(13)2)20(26)25-8-6-24(7-9-25)12-17-18(22)4-3-5-19(17)23/h3-5,15-16H,6-12H2,1-2H3,(H,27,28)/t15-,16-/m1/s1. The minimum absolute atomic E-state index is 0.0807. The molecule has 0 saturated carbocycles. The maximum absolute atomic E-state index is 14.0. The van der Waals surface area contributed by atoms with Gasteiger partial charge >= 0.3 is 5.97 Å². The van der Waals surface area contributed by atoms with Crippen molar-refractivity contribution in [3.63, 3.8) is 0 Å². The lowest BCUT2D eigenvalue weighted by Crippen LogP contribution is -2.51. The van der Waals surface area contributed by atoms with Gasteiger partial charge in [-0.2, -0.15) is 0 Å². The van der Waals surface area contributed by atoms with E-state index in [1.54, 1.807) is 17.0 Å². The number of nitrogens with zero attached hydrogens (tertiary/aromatic N) is 2. The first-order valence-electron chi connectivity index (χ1n) is 9.60. The van der Waals surface area contributed by atoms with Gasteiger partial charge < -0.3 is 10.0 Å². The molecule has 0 bridgehead atoms. The van der Waals surface area contributed by atoms with Gasteiger partial charge in [0.2, 0.25) is 5.91 Å². The van der Waals surface area contributed by atoms with Gasteiger partial charge in [-0.15, -0.1) is 0 Å². The molecule has 1 N–H and O–H groups in total. The van der Waals surface area contributed by atoms with E-state index in [2.05, 4.69) is 4.90 Å². The van der Waals surface area contributed by atoms with Crippen LogP contribution in [0.1, 0.15) is 32.3 Å². The Morgan fingerprint density at radius 3 is 2.29 bits per heavy atom. The number of rotatable bonds is 4. The second kappa shape index (κ2) is 8.62. The Morgan fingerprint density at radius 1 is 1.11 bits per heavy atom. The first kappa shape index (κ1) is 20.8. The van der Waals surface area contributed by atoms with Crippen LogP contribution in [0.25, 0.3) is 0 Å². The second-order valence-corrected chi connectivity index (χ2v) is 8.23. The molecule has 0 radical (unpaired) electrons. The molecule has 1 fully saturated rings. The number of allylic oxidation sites excluding steroid dienone is 2. The molecule has 1 aliphatic heterocycles. The van der Waals surface area contributed by atoms with Gasteiger partial charge in [-0.25, -0.2) is 4.39 Å². The van der Waals surface area contributed by atoms with Gasteiger partial charge in [0.1, 0.15) is 5.82 Å². The van der Waals surface area contributed by atoms with Crippen LogP contribution in [0.15, 0.2) is 29.3 Å². The molecule has 1 aliphatic carbocycles. The van der Waals surface area contributed by atoms with Crippen molar-refractivity contribution in [1.82, 2.24) is 9.80 Å². The molecule has 5 nitrogen and oxygen atoms in total. The molecule has 28 heavy (non-hydrogen) atoms. The SMILES string of the molecule is CC1=C(C)C[C@@H](C(=O)N2CCN(Cc3c(F)cccc3Cl)CC2)[C@H](C(=O)O)C1. The van der Waals surface area contributed by atoms with E-state index in [0.29, 0.717) is 56.2 Å². The van der Waals surface area contributed by atoms with Gasteiger partial charge in [0.05, 0.1) is 11.8 Å². The summed E-state index contributed by atoms with van der Waals surface area (Å²) >= 11 is 6.11. The van der Waals surface area contributed by atoms with Crippen molar-refractivity contribution < 1.29 is 19.1 Å². The number of carbonyl (C=O) groups excluding carboxylic acids is 1. The van der Waals surface area contributed by atoms with E-state index in [9.17, 15) is 19.1 Å². The Morgan fingerprint density at radius 2 is 1.71 bits per heavy atom. The lowest BCUT2D eigenvalue weighted by Gasteiger charge is -2.39. The Labute approximate surface area is 169 Å². The van der Waals surface area contributed by atoms with Crippen LogP contribution in [-0.4, -0.2) is 53.0 Å². The van der Waals surface area contributed by atoms with Crippen LogP contribution in [0.4, 0.5) is 4.39 Å². The molecule has 3 rings (SSSR count). The maximum atomic E-state index is 14.0. The van der Waals surface area contributed by atoms with Crippen molar-refractivity contribution in [3.05, 3.63) is 45.7 Å². The third-order valence-corrected chi connectivity index (χ3v) is 6.38. The highest BCUT2D eigenvalue weighted by Gasteiger charge is 2.39. The predicted octanol–water partition coefficient (Wildman–Crippen LogP) is 3.57. The van der Waals surface area contributed by atoms with Gasteiger partial charge in [-0.1, -0.05) is 28.8 Å². The van der Waals surface area contributed by atoms with Crippen LogP contribution in [0.5, 0.6) is 0 Å². The highest BCUT2D eigenvalue weighted by molar-refractivity contribution is 6.31. The quantitative estimate of drug-likeness (QED) is 0.774. The highest BCUT2D eigenvalue weighted by atomic mass is 35.5. The Hall–Kier alpha value is -1.92. The van der Waals surface area contributed by atoms with E-state index >= 15 is 0 Å². The molecular weight excluding hydrogens is 383 g/mol. The fraction of sp³-hybridized carbons (Fsp3) is 0.524. The van der Waals surface area contributed by atoms with Crippen LogP contribution >= 0.6 is 11.6 Å². The molecule has 1 aromatic rings. The number of hydrogen-bond acceptors (Lipinski definition) is 3. The van der Waals surface area contributed by atoms with Crippen LogP contribution in [-0.2, 0) is 16.1 Å². The number of amides is 1. The molecule has 1 amide bonds. The largest absolute Gasteiger partial charge is 0.481 e. The van der Waals surface area contributed by atoms with Crippen molar-refractivity contribution >= 4 is 23.5 Å². The minimum Gasteiger partial charge on any atom is -0.481 e. The number of hydrogen-bond donors (Lipinski definition) is 1. The monoisotopic (exact) mass is 408 g/mol. The Balaban J connectivity index is 1.63. The van der Waals surface area contributed by atoms with Crippen LogP contribution < -0.4 is 0 Å². The summed E-state index contributed by atoms with van der Waals surface area (Å²) in [4.78, 5) is 28.5. The second-order valence-electron chi connectivity index (χ2n) is 7.82. The number of carboxylic acid groups (broad SMARTS) is 1. The number of benzene rings is 1. The molecule has 1 aromatic carbocycles. The fourth-order valence-corrected chi connectivity index (χ4v) is 4.30. The Bertz CT molecular complexity index is 783. The van der Waals surface area contributed by atoms with Gasteiger partial charge in [-0.3, -0.25) is 14.5 Å². The van der Waals surface area contributed by atoms with E-state index in [4.69, 9.17) is 11.6 Å². The summed E-state index contributed by atoms with van der Waals surface area (Å²) in [5, 5.41) is 9.97. The fourth-order valence-electron chi connectivity index (χ4n) is 4.08. The van der Waals surface area contributed by atoms with E-state index in [0.717, 1.165) is 11.1 Å². The lowest BCUT2D eigenvalue weighted by molar-refractivity contribution is -0.151. The molecular formula is C21H26ClFN2O3. The first-order valence-corrected chi connectivity index (χ1v) is 9.97. The highest BCUT2D eigenvalue weighted by Crippen LogP contribution is 2.35. The lowest BCUT2D eigenvalue weighted by atomic mass is 9.76. The summed E-state index contributed by atoms with van der Waals surface area (Å²) in [5.74, 6) is -2.48. The van der Waals surface area contributed by atoms with Crippen molar-refractivity contribution in [3.8, 4) is 0 Å². The van der Waals surface area contributed by atoms with Crippen molar-refractivity contribution in [2.45, 2.75) is 33.2 Å². The summed E-state index contributed by atoms with van der Waals surface area (Å²) in [6.07, 6.45) is 0.940. The smallest absolute Gasteiger partial charge is 0.307 e. The zero-order valence-electron chi connectivity index (χ0n) is 16.3. The molecule has 152 valence electrons. The molecule has 0 aromatic heterocycles. The molecule has 1 saturated heterocycles. The van der Waals surface area contributed by atoms with Crippen molar-refractivity contribution in [2.75, 3.05) is 26.2 Å². The zero-order chi connectivity index (χ0) is 20.4. The molecule has 2 atom stereocenters. The number of aliphatic carboxylic acids is 1. The average Bonchev–Trinajstić information content (AvgIpc) is 2.66. The number of piperazine rings is 1. The summed E-state index contributed by atoms with van der Waals surface area (Å²) in [7, 11) is 0. The molecule has 2 aliphatic rings. The van der Waals surface area contributed by atoms with Crippen molar-refractivity contribution in [1.29, 1.82) is 0 Å².